The first kappa shape index (κ1) is 20.2. The van der Waals surface area contributed by atoms with E-state index in [1.165, 1.54) is 0 Å². The van der Waals surface area contributed by atoms with Gasteiger partial charge in [0.2, 0.25) is 11.8 Å². The summed E-state index contributed by atoms with van der Waals surface area (Å²) in [5.41, 5.74) is 2.77. The van der Waals surface area contributed by atoms with Crippen LogP contribution in [0.4, 0.5) is 5.69 Å². The zero-order valence-electron chi connectivity index (χ0n) is 17.9. The van der Waals surface area contributed by atoms with Gasteiger partial charge in [0, 0.05) is 13.6 Å². The molecule has 5 rings (SSSR count). The van der Waals surface area contributed by atoms with Gasteiger partial charge >= 0.3 is 0 Å². The fourth-order valence-electron chi connectivity index (χ4n) is 4.71. The van der Waals surface area contributed by atoms with E-state index >= 15 is 0 Å². The molecule has 0 unspecified atom stereocenters. The van der Waals surface area contributed by atoms with Gasteiger partial charge in [0.05, 0.1) is 34.7 Å². The van der Waals surface area contributed by atoms with Crippen molar-refractivity contribution in [2.24, 2.45) is 7.05 Å². The van der Waals surface area contributed by atoms with Crippen LogP contribution in [-0.2, 0) is 16.6 Å². The first-order valence-electron chi connectivity index (χ1n) is 10.9. The largest absolute Gasteiger partial charge is 0.340 e. The lowest BCUT2D eigenvalue weighted by molar-refractivity contribution is -0.137. The maximum Gasteiger partial charge on any atom is 0.254 e. The van der Waals surface area contributed by atoms with E-state index in [1.807, 2.05) is 40.8 Å². The topological polar surface area (TPSA) is 96.3 Å². The van der Waals surface area contributed by atoms with Gasteiger partial charge in [0.1, 0.15) is 11.9 Å². The number of anilines is 1. The summed E-state index contributed by atoms with van der Waals surface area (Å²) in [5, 5.41) is 5.49. The Balaban J connectivity index is 1.38. The number of nitrogens with one attached hydrogen (secondary N) is 2. The number of aryl methyl sites for hydroxylation is 1. The first-order valence-corrected chi connectivity index (χ1v) is 10.9. The average molecular weight is 431 g/mol. The molecule has 2 aliphatic rings. The zero-order valence-corrected chi connectivity index (χ0v) is 17.9. The van der Waals surface area contributed by atoms with E-state index in [9.17, 15) is 14.4 Å². The SMILES string of the molecule is Cn1c([C@@H]2CCCCN2C(=O)C[C@@H]2NC(=O)c3ccccc3NC2=O)nc2ccccc21. The number of piperidine rings is 1. The van der Waals surface area contributed by atoms with Crippen molar-refractivity contribution in [2.45, 2.75) is 37.8 Å². The van der Waals surface area contributed by atoms with Crippen LogP contribution in [-0.4, -0.2) is 44.8 Å². The highest BCUT2D eigenvalue weighted by Gasteiger charge is 2.35. The number of imidazole rings is 1. The predicted octanol–water partition coefficient (Wildman–Crippen LogP) is 2.77. The lowest BCUT2D eigenvalue weighted by atomic mass is 10.00. The lowest BCUT2D eigenvalue weighted by Gasteiger charge is -2.36. The van der Waals surface area contributed by atoms with Crippen LogP contribution in [0.5, 0.6) is 0 Å². The normalized spacial score (nSPS) is 21.0. The molecule has 0 radical (unpaired) electrons. The predicted molar refractivity (Wildman–Crippen MR) is 120 cm³/mol. The minimum Gasteiger partial charge on any atom is -0.340 e. The van der Waals surface area contributed by atoms with Gasteiger partial charge in [-0.3, -0.25) is 14.4 Å². The van der Waals surface area contributed by atoms with Gasteiger partial charge in [-0.15, -0.1) is 0 Å². The van der Waals surface area contributed by atoms with Crippen molar-refractivity contribution in [3.8, 4) is 0 Å². The number of likely N-dealkylation sites (tertiary alicyclic amines) is 1. The molecule has 3 amide bonds. The Morgan fingerprint density at radius 2 is 1.88 bits per heavy atom. The molecule has 8 nitrogen and oxygen atoms in total. The molecule has 2 aliphatic heterocycles. The summed E-state index contributed by atoms with van der Waals surface area (Å²) in [7, 11) is 1.97. The highest BCUT2D eigenvalue weighted by molar-refractivity contribution is 6.10. The summed E-state index contributed by atoms with van der Waals surface area (Å²) < 4.78 is 2.04. The van der Waals surface area contributed by atoms with Crippen LogP contribution in [0.15, 0.2) is 48.5 Å². The minimum atomic E-state index is -0.926. The highest BCUT2D eigenvalue weighted by atomic mass is 16.2. The van der Waals surface area contributed by atoms with Crippen molar-refractivity contribution < 1.29 is 14.4 Å². The number of para-hydroxylation sites is 3. The minimum absolute atomic E-state index is 0.0913. The number of carbonyl (C=O) groups is 3. The molecule has 2 N–H and O–H groups in total. The zero-order chi connectivity index (χ0) is 22.2. The Hall–Kier alpha value is -3.68. The summed E-state index contributed by atoms with van der Waals surface area (Å²) in [5.74, 6) is -0.0515. The molecular formula is C24H25N5O3. The van der Waals surface area contributed by atoms with Crippen molar-refractivity contribution >= 4 is 34.4 Å². The number of hydrogen-bond acceptors (Lipinski definition) is 4. The van der Waals surface area contributed by atoms with Crippen LogP contribution < -0.4 is 10.6 Å². The summed E-state index contributed by atoms with van der Waals surface area (Å²) in [6.45, 7) is 0.606. The second-order valence-electron chi connectivity index (χ2n) is 8.38. The maximum atomic E-state index is 13.4. The van der Waals surface area contributed by atoms with Gasteiger partial charge < -0.3 is 20.1 Å². The third-order valence-electron chi connectivity index (χ3n) is 6.37. The van der Waals surface area contributed by atoms with Gasteiger partial charge in [-0.25, -0.2) is 4.98 Å². The van der Waals surface area contributed by atoms with Crippen molar-refractivity contribution in [3.63, 3.8) is 0 Å². The molecule has 8 heteroatoms. The molecule has 3 aromatic rings. The Bertz CT molecular complexity index is 1220. The first-order chi connectivity index (χ1) is 15.5. The highest BCUT2D eigenvalue weighted by Crippen LogP contribution is 2.33. The molecule has 0 saturated carbocycles. The van der Waals surface area contributed by atoms with E-state index in [2.05, 4.69) is 10.6 Å². The summed E-state index contributed by atoms with van der Waals surface area (Å²) in [6.07, 6.45) is 2.64. The third-order valence-corrected chi connectivity index (χ3v) is 6.37. The van der Waals surface area contributed by atoms with Crippen LogP contribution in [0.1, 0.15) is 47.9 Å². The molecule has 3 heterocycles. The third kappa shape index (κ3) is 3.51. The molecule has 32 heavy (non-hydrogen) atoms. The Morgan fingerprint density at radius 1 is 1.09 bits per heavy atom. The maximum absolute atomic E-state index is 13.4. The second kappa shape index (κ2) is 8.11. The molecule has 1 saturated heterocycles. The van der Waals surface area contributed by atoms with Gasteiger partial charge in [-0.05, 0) is 43.5 Å². The van der Waals surface area contributed by atoms with E-state index < -0.39 is 6.04 Å². The average Bonchev–Trinajstić information content (AvgIpc) is 3.09. The number of carbonyl (C=O) groups excluding carboxylic acids is 3. The molecule has 2 aromatic carbocycles. The fraction of sp³-hybridized carbons (Fsp3) is 0.333. The number of fused-ring (bicyclic) bond motifs is 2. The van der Waals surface area contributed by atoms with Gasteiger partial charge in [-0.2, -0.15) is 0 Å². The van der Waals surface area contributed by atoms with Gasteiger partial charge in [-0.1, -0.05) is 24.3 Å². The number of rotatable bonds is 3. The van der Waals surface area contributed by atoms with Crippen LogP contribution in [0.2, 0.25) is 0 Å². The van der Waals surface area contributed by atoms with Gasteiger partial charge in [0.15, 0.2) is 0 Å². The summed E-state index contributed by atoms with van der Waals surface area (Å²) >= 11 is 0. The van der Waals surface area contributed by atoms with E-state index in [4.69, 9.17) is 4.98 Å². The van der Waals surface area contributed by atoms with E-state index in [0.29, 0.717) is 17.8 Å². The van der Waals surface area contributed by atoms with E-state index in [0.717, 1.165) is 36.1 Å². The summed E-state index contributed by atoms with van der Waals surface area (Å²) in [4.78, 5) is 45.4. The van der Waals surface area contributed by atoms with E-state index in [-0.39, 0.29) is 30.2 Å². The smallest absolute Gasteiger partial charge is 0.254 e. The molecule has 2 atom stereocenters. The van der Waals surface area contributed by atoms with Crippen LogP contribution in [0, 0.1) is 0 Å². The number of nitrogens with zero attached hydrogens (tertiary/aromatic N) is 3. The molecular weight excluding hydrogens is 406 g/mol. The van der Waals surface area contributed by atoms with E-state index in [1.54, 1.807) is 24.3 Å². The monoisotopic (exact) mass is 431 g/mol. The van der Waals surface area contributed by atoms with Crippen LogP contribution >= 0.6 is 0 Å². The lowest BCUT2D eigenvalue weighted by Crippen LogP contribution is -2.47. The molecule has 1 aromatic heterocycles. The van der Waals surface area contributed by atoms with Crippen molar-refractivity contribution in [2.75, 3.05) is 11.9 Å². The molecule has 0 spiro atoms. The fourth-order valence-corrected chi connectivity index (χ4v) is 4.71. The molecule has 0 bridgehead atoms. The quantitative estimate of drug-likeness (QED) is 0.667. The van der Waals surface area contributed by atoms with Crippen LogP contribution in [0.3, 0.4) is 0 Å². The Labute approximate surface area is 185 Å². The standard InChI is InChI=1S/C24H25N5O3/c1-28-19-11-5-4-10-17(19)25-22(28)20-12-6-7-13-29(20)21(30)14-18-24(32)26-16-9-3-2-8-15(16)23(31)27-18/h2-5,8-11,18,20H,6-7,12-14H2,1H3,(H,26,32)(H,27,31)/t18-,20-/m0/s1. The second-order valence-corrected chi connectivity index (χ2v) is 8.38. The summed E-state index contributed by atoms with van der Waals surface area (Å²) in [6, 6.07) is 13.7. The number of aromatic nitrogens is 2. The Kier molecular flexibility index (Phi) is 5.13. The van der Waals surface area contributed by atoms with Crippen molar-refractivity contribution in [3.05, 3.63) is 59.9 Å². The number of benzene rings is 2. The number of hydrogen-bond donors (Lipinski definition) is 2. The van der Waals surface area contributed by atoms with Crippen molar-refractivity contribution in [1.82, 2.24) is 19.8 Å². The Morgan fingerprint density at radius 3 is 2.72 bits per heavy atom. The molecule has 164 valence electrons. The van der Waals surface area contributed by atoms with Crippen molar-refractivity contribution in [1.29, 1.82) is 0 Å². The van der Waals surface area contributed by atoms with Gasteiger partial charge in [0.25, 0.3) is 5.91 Å². The number of amides is 3. The van der Waals surface area contributed by atoms with Crippen LogP contribution in [0.25, 0.3) is 11.0 Å². The molecule has 0 aliphatic carbocycles. The molecule has 1 fully saturated rings.